The number of unbranched alkanes of at least 4 members (excludes halogenated alkanes) is 1. The van der Waals surface area contributed by atoms with E-state index in [1.54, 1.807) is 31.2 Å². The molecular formula is C24H31ClFN3O4S. The average molecular weight is 512 g/mol. The highest BCUT2D eigenvalue weighted by molar-refractivity contribution is 7.92. The van der Waals surface area contributed by atoms with E-state index in [1.807, 2.05) is 6.92 Å². The van der Waals surface area contributed by atoms with E-state index in [2.05, 4.69) is 5.32 Å². The Labute approximate surface area is 205 Å². The van der Waals surface area contributed by atoms with Crippen LogP contribution in [0.4, 0.5) is 10.1 Å². The van der Waals surface area contributed by atoms with Crippen molar-refractivity contribution in [2.45, 2.75) is 45.7 Å². The predicted molar refractivity (Wildman–Crippen MR) is 133 cm³/mol. The fraction of sp³-hybridized carbons (Fsp3) is 0.417. The first-order valence-corrected chi connectivity index (χ1v) is 13.3. The van der Waals surface area contributed by atoms with E-state index in [-0.39, 0.29) is 18.1 Å². The van der Waals surface area contributed by atoms with Crippen LogP contribution in [0.15, 0.2) is 48.5 Å². The lowest BCUT2D eigenvalue weighted by Crippen LogP contribution is -2.52. The Balaban J connectivity index is 2.41. The molecule has 0 aromatic heterocycles. The number of nitrogens with zero attached hydrogens (tertiary/aromatic N) is 2. The molecule has 0 spiro atoms. The molecule has 2 amide bonds. The summed E-state index contributed by atoms with van der Waals surface area (Å²) in [6.45, 7) is 3.67. The van der Waals surface area contributed by atoms with Crippen molar-refractivity contribution in [1.29, 1.82) is 0 Å². The van der Waals surface area contributed by atoms with E-state index in [0.717, 1.165) is 29.5 Å². The van der Waals surface area contributed by atoms with Gasteiger partial charge in [0.25, 0.3) is 0 Å². The minimum absolute atomic E-state index is 0.0129. The molecule has 0 fully saturated rings. The average Bonchev–Trinajstić information content (AvgIpc) is 2.77. The summed E-state index contributed by atoms with van der Waals surface area (Å²) >= 11 is 6.31. The molecular weight excluding hydrogens is 481 g/mol. The molecule has 7 nitrogen and oxygen atoms in total. The van der Waals surface area contributed by atoms with Crippen molar-refractivity contribution in [3.05, 3.63) is 64.9 Å². The van der Waals surface area contributed by atoms with Crippen molar-refractivity contribution in [3.63, 3.8) is 0 Å². The van der Waals surface area contributed by atoms with Crippen LogP contribution in [-0.4, -0.2) is 50.5 Å². The van der Waals surface area contributed by atoms with Gasteiger partial charge in [0.05, 0.1) is 11.9 Å². The lowest BCUT2D eigenvalue weighted by molar-refractivity contribution is -0.140. The van der Waals surface area contributed by atoms with E-state index in [9.17, 15) is 22.4 Å². The number of benzene rings is 2. The molecule has 2 aromatic carbocycles. The molecule has 1 unspecified atom stereocenters. The third kappa shape index (κ3) is 7.70. The Morgan fingerprint density at radius 3 is 2.41 bits per heavy atom. The second-order valence-corrected chi connectivity index (χ2v) is 10.2. The van der Waals surface area contributed by atoms with E-state index in [1.165, 1.54) is 23.1 Å². The van der Waals surface area contributed by atoms with Crippen molar-refractivity contribution in [2.24, 2.45) is 0 Å². The van der Waals surface area contributed by atoms with Gasteiger partial charge in [-0.1, -0.05) is 56.1 Å². The minimum atomic E-state index is -3.92. The smallest absolute Gasteiger partial charge is 0.244 e. The predicted octanol–water partition coefficient (Wildman–Crippen LogP) is 3.97. The van der Waals surface area contributed by atoms with Gasteiger partial charge >= 0.3 is 0 Å². The quantitative estimate of drug-likeness (QED) is 0.437. The number of hydrogen-bond acceptors (Lipinski definition) is 4. The third-order valence-corrected chi connectivity index (χ3v) is 6.80. The summed E-state index contributed by atoms with van der Waals surface area (Å²) in [7, 11) is -3.92. The fourth-order valence-corrected chi connectivity index (χ4v) is 4.52. The van der Waals surface area contributed by atoms with Crippen LogP contribution in [0.3, 0.4) is 0 Å². The van der Waals surface area contributed by atoms with Gasteiger partial charge in [-0.25, -0.2) is 12.8 Å². The zero-order valence-corrected chi connectivity index (χ0v) is 21.2. The van der Waals surface area contributed by atoms with Gasteiger partial charge in [0.2, 0.25) is 21.8 Å². The van der Waals surface area contributed by atoms with Gasteiger partial charge in [0.15, 0.2) is 0 Å². The highest BCUT2D eigenvalue weighted by Gasteiger charge is 2.32. The van der Waals surface area contributed by atoms with Crippen LogP contribution in [0.25, 0.3) is 0 Å². The van der Waals surface area contributed by atoms with Gasteiger partial charge in [-0.15, -0.1) is 0 Å². The molecule has 0 saturated heterocycles. The first-order chi connectivity index (χ1) is 16.1. The number of amides is 2. The first kappa shape index (κ1) is 27.6. The topological polar surface area (TPSA) is 86.8 Å². The van der Waals surface area contributed by atoms with Crippen LogP contribution in [0.5, 0.6) is 0 Å². The minimum Gasteiger partial charge on any atom is -0.354 e. The van der Waals surface area contributed by atoms with Gasteiger partial charge in [-0.05, 0) is 42.7 Å². The molecule has 2 rings (SSSR count). The molecule has 1 N–H and O–H groups in total. The largest absolute Gasteiger partial charge is 0.354 e. The SMILES string of the molecule is CCCCNC(=O)C(CC)N(Cc1ccccc1Cl)C(=O)CN(c1cccc(F)c1)S(C)(=O)=O. The summed E-state index contributed by atoms with van der Waals surface area (Å²) in [5.41, 5.74) is 0.642. The van der Waals surface area contributed by atoms with Gasteiger partial charge in [0, 0.05) is 18.1 Å². The van der Waals surface area contributed by atoms with Crippen LogP contribution in [0, 0.1) is 5.82 Å². The van der Waals surface area contributed by atoms with Crippen molar-refractivity contribution >= 4 is 39.1 Å². The maximum absolute atomic E-state index is 13.8. The first-order valence-electron chi connectivity index (χ1n) is 11.1. The van der Waals surface area contributed by atoms with Crippen molar-refractivity contribution < 1.29 is 22.4 Å². The van der Waals surface area contributed by atoms with E-state index in [0.29, 0.717) is 23.6 Å². The Morgan fingerprint density at radius 2 is 1.82 bits per heavy atom. The Morgan fingerprint density at radius 1 is 1.12 bits per heavy atom. The molecule has 10 heteroatoms. The fourth-order valence-electron chi connectivity index (χ4n) is 3.48. The van der Waals surface area contributed by atoms with Crippen LogP contribution in [-0.2, 0) is 26.2 Å². The lowest BCUT2D eigenvalue weighted by atomic mass is 10.1. The van der Waals surface area contributed by atoms with Crippen LogP contribution >= 0.6 is 11.6 Å². The molecule has 0 bridgehead atoms. The maximum Gasteiger partial charge on any atom is 0.244 e. The number of anilines is 1. The summed E-state index contributed by atoms with van der Waals surface area (Å²) in [5.74, 6) is -1.56. The molecule has 34 heavy (non-hydrogen) atoms. The van der Waals surface area contributed by atoms with Crippen LogP contribution in [0.2, 0.25) is 5.02 Å². The van der Waals surface area contributed by atoms with E-state index < -0.39 is 34.3 Å². The molecule has 0 aliphatic heterocycles. The number of sulfonamides is 1. The second-order valence-electron chi connectivity index (χ2n) is 7.93. The summed E-state index contributed by atoms with van der Waals surface area (Å²) in [4.78, 5) is 27.8. The maximum atomic E-state index is 13.8. The van der Waals surface area contributed by atoms with E-state index >= 15 is 0 Å². The van der Waals surface area contributed by atoms with Crippen molar-refractivity contribution in [2.75, 3.05) is 23.7 Å². The summed E-state index contributed by atoms with van der Waals surface area (Å²) < 4.78 is 39.6. The summed E-state index contributed by atoms with van der Waals surface area (Å²) in [5, 5.41) is 3.27. The Hall–Kier alpha value is -2.65. The molecule has 0 saturated carbocycles. The summed E-state index contributed by atoms with van der Waals surface area (Å²) in [6.07, 6.45) is 2.95. The van der Waals surface area contributed by atoms with Gasteiger partial charge in [0.1, 0.15) is 18.4 Å². The normalized spacial score (nSPS) is 12.1. The number of halogens is 2. The molecule has 0 radical (unpaired) electrons. The van der Waals surface area contributed by atoms with Gasteiger partial charge in [-0.2, -0.15) is 0 Å². The molecule has 186 valence electrons. The van der Waals surface area contributed by atoms with Crippen LogP contribution in [0.1, 0.15) is 38.7 Å². The van der Waals surface area contributed by atoms with Crippen molar-refractivity contribution in [3.8, 4) is 0 Å². The number of rotatable bonds is 12. The van der Waals surface area contributed by atoms with Gasteiger partial charge < -0.3 is 10.2 Å². The molecule has 1 atom stereocenters. The van der Waals surface area contributed by atoms with Crippen LogP contribution < -0.4 is 9.62 Å². The molecule has 2 aromatic rings. The second kappa shape index (κ2) is 12.7. The van der Waals surface area contributed by atoms with Gasteiger partial charge in [-0.3, -0.25) is 13.9 Å². The number of carbonyl (C=O) groups excluding carboxylic acids is 2. The summed E-state index contributed by atoms with van der Waals surface area (Å²) in [6, 6.07) is 11.1. The third-order valence-electron chi connectivity index (χ3n) is 5.29. The number of carbonyl (C=O) groups is 2. The highest BCUT2D eigenvalue weighted by atomic mass is 35.5. The zero-order chi connectivity index (χ0) is 25.3. The molecule has 0 aliphatic carbocycles. The van der Waals surface area contributed by atoms with E-state index in [4.69, 9.17) is 11.6 Å². The standard InChI is InChI=1S/C24H31ClFN3O4S/c1-4-6-14-27-24(31)22(5-2)28(16-18-10-7-8-13-21(18)25)23(30)17-29(34(3,32)33)20-12-9-11-19(26)15-20/h7-13,15,22H,4-6,14,16-17H2,1-3H3,(H,27,31). The number of nitrogens with one attached hydrogen (secondary N) is 1. The lowest BCUT2D eigenvalue weighted by Gasteiger charge is -2.33. The number of hydrogen-bond donors (Lipinski definition) is 1. The Kier molecular flexibility index (Phi) is 10.3. The molecule has 0 heterocycles. The highest BCUT2D eigenvalue weighted by Crippen LogP contribution is 2.22. The molecule has 0 aliphatic rings. The Bertz CT molecular complexity index is 1100. The monoisotopic (exact) mass is 511 g/mol. The zero-order valence-electron chi connectivity index (χ0n) is 19.6. The van der Waals surface area contributed by atoms with Crippen molar-refractivity contribution in [1.82, 2.24) is 10.2 Å².